The summed E-state index contributed by atoms with van der Waals surface area (Å²) < 4.78 is 10.0. The van der Waals surface area contributed by atoms with Crippen LogP contribution in [0, 0.1) is 0 Å². The minimum absolute atomic E-state index is 0.153. The van der Waals surface area contributed by atoms with Crippen LogP contribution in [-0.2, 0) is 9.53 Å². The third-order valence-electron chi connectivity index (χ3n) is 2.89. The van der Waals surface area contributed by atoms with E-state index in [1.54, 1.807) is 6.92 Å². The minimum Gasteiger partial charge on any atom is -0.383 e. The molecule has 1 aromatic carbocycles. The van der Waals surface area contributed by atoms with Gasteiger partial charge in [-0.15, -0.1) is 0 Å². The number of carbonyl (C=O) groups excluding carboxylic acids is 1. The summed E-state index contributed by atoms with van der Waals surface area (Å²) >= 11 is 0. The Balaban J connectivity index is 2.02. The Morgan fingerprint density at radius 1 is 1.43 bits per heavy atom. The van der Waals surface area contributed by atoms with Gasteiger partial charge >= 0.3 is 0 Å². The number of ether oxygens (including phenoxy) is 1. The molecule has 0 aliphatic carbocycles. The number of nitrogens with one attached hydrogen (secondary N) is 1. The maximum absolute atomic E-state index is 11.8. The van der Waals surface area contributed by atoms with E-state index in [4.69, 9.17) is 15.0 Å². The fourth-order valence-electron chi connectivity index (χ4n) is 1.75. The molecule has 0 fully saturated rings. The fourth-order valence-corrected chi connectivity index (χ4v) is 1.75. The first-order valence-electron chi connectivity index (χ1n) is 6.55. The van der Waals surface area contributed by atoms with Crippen LogP contribution in [0.4, 0.5) is 0 Å². The lowest BCUT2D eigenvalue weighted by molar-refractivity contribution is -0.124. The molecule has 1 aromatic heterocycles. The van der Waals surface area contributed by atoms with Gasteiger partial charge in [-0.3, -0.25) is 4.79 Å². The number of aromatic nitrogens is 2. The van der Waals surface area contributed by atoms with E-state index in [1.807, 2.05) is 30.3 Å². The number of amides is 1. The average molecular weight is 290 g/mol. The first kappa shape index (κ1) is 15.1. The van der Waals surface area contributed by atoms with Crippen LogP contribution in [0.5, 0.6) is 0 Å². The topological polar surface area (TPSA) is 103 Å². The molecular weight excluding hydrogens is 272 g/mol. The number of nitrogens with zero attached hydrogens (tertiary/aromatic N) is 2. The van der Waals surface area contributed by atoms with E-state index in [1.165, 1.54) is 7.11 Å². The molecule has 21 heavy (non-hydrogen) atoms. The van der Waals surface area contributed by atoms with Crippen molar-refractivity contribution in [1.29, 1.82) is 0 Å². The van der Waals surface area contributed by atoms with Crippen LogP contribution in [0.25, 0.3) is 11.5 Å². The molecular formula is C14H18N4O3. The van der Waals surface area contributed by atoms with Crippen molar-refractivity contribution in [2.24, 2.45) is 5.73 Å². The molecule has 0 aliphatic heterocycles. The highest BCUT2D eigenvalue weighted by Gasteiger charge is 2.20. The lowest BCUT2D eigenvalue weighted by Crippen LogP contribution is -2.44. The first-order valence-corrected chi connectivity index (χ1v) is 6.55. The summed E-state index contributed by atoms with van der Waals surface area (Å²) in [6.45, 7) is 1.91. The Kier molecular flexibility index (Phi) is 5.02. The maximum Gasteiger partial charge on any atom is 0.257 e. The molecule has 112 valence electrons. The first-order chi connectivity index (χ1) is 10.1. The third kappa shape index (κ3) is 3.87. The molecule has 0 radical (unpaired) electrons. The van der Waals surface area contributed by atoms with Gasteiger partial charge in [0, 0.05) is 12.7 Å². The van der Waals surface area contributed by atoms with Gasteiger partial charge in [0.2, 0.25) is 5.91 Å². The van der Waals surface area contributed by atoms with Gasteiger partial charge in [0.05, 0.1) is 12.6 Å². The van der Waals surface area contributed by atoms with Crippen LogP contribution < -0.4 is 11.1 Å². The fraction of sp³-hybridized carbons (Fsp3) is 0.357. The number of nitrogens with two attached hydrogens (primary N) is 1. The van der Waals surface area contributed by atoms with Crippen molar-refractivity contribution in [2.45, 2.75) is 19.0 Å². The molecule has 0 saturated heterocycles. The smallest absolute Gasteiger partial charge is 0.257 e. The monoisotopic (exact) mass is 290 g/mol. The van der Waals surface area contributed by atoms with Gasteiger partial charge in [-0.1, -0.05) is 23.4 Å². The summed E-state index contributed by atoms with van der Waals surface area (Å²) in [5, 5.41) is 6.59. The minimum atomic E-state index is -0.724. The zero-order valence-corrected chi connectivity index (χ0v) is 11.9. The summed E-state index contributed by atoms with van der Waals surface area (Å²) in [6, 6.07) is 8.28. The van der Waals surface area contributed by atoms with Crippen LogP contribution in [0.2, 0.25) is 0 Å². The molecule has 1 heterocycles. The van der Waals surface area contributed by atoms with Gasteiger partial charge in [-0.05, 0) is 19.1 Å². The van der Waals surface area contributed by atoms with Gasteiger partial charge in [0.25, 0.3) is 5.89 Å². The van der Waals surface area contributed by atoms with E-state index < -0.39 is 12.1 Å². The largest absolute Gasteiger partial charge is 0.383 e. The van der Waals surface area contributed by atoms with E-state index in [2.05, 4.69) is 15.5 Å². The third-order valence-corrected chi connectivity index (χ3v) is 2.89. The Morgan fingerprint density at radius 3 is 2.81 bits per heavy atom. The Hall–Kier alpha value is -2.25. The van der Waals surface area contributed by atoms with Crippen molar-refractivity contribution < 1.29 is 14.1 Å². The van der Waals surface area contributed by atoms with Crippen molar-refractivity contribution in [3.05, 3.63) is 36.2 Å². The van der Waals surface area contributed by atoms with Crippen molar-refractivity contribution >= 4 is 5.91 Å². The lowest BCUT2D eigenvalue weighted by atomic mass is 10.2. The number of hydrogen-bond acceptors (Lipinski definition) is 6. The molecule has 2 rings (SSSR count). The summed E-state index contributed by atoms with van der Waals surface area (Å²) in [5.41, 5.74) is 6.47. The van der Waals surface area contributed by atoms with Gasteiger partial charge in [0.15, 0.2) is 5.82 Å². The van der Waals surface area contributed by atoms with Crippen LogP contribution in [0.15, 0.2) is 34.9 Å². The molecule has 2 aromatic rings. The highest BCUT2D eigenvalue weighted by atomic mass is 16.5. The summed E-state index contributed by atoms with van der Waals surface area (Å²) in [5.74, 6) is 0.482. The highest BCUT2D eigenvalue weighted by Crippen LogP contribution is 2.18. The van der Waals surface area contributed by atoms with Crippen molar-refractivity contribution in [3.8, 4) is 11.5 Å². The van der Waals surface area contributed by atoms with E-state index in [0.717, 1.165) is 5.56 Å². The molecule has 7 heteroatoms. The standard InChI is InChI=1S/C14H18N4O3/c1-9(16-13(19)11(15)8-20-2)12-17-14(21-18-12)10-6-4-3-5-7-10/h3-7,9,11H,8,15H2,1-2H3,(H,16,19). The Labute approximate surface area is 122 Å². The average Bonchev–Trinajstić information content (AvgIpc) is 2.98. The molecule has 0 saturated carbocycles. The SMILES string of the molecule is COCC(N)C(=O)NC(C)c1noc(-c2ccccc2)n1. The molecule has 2 atom stereocenters. The molecule has 7 nitrogen and oxygen atoms in total. The molecule has 3 N–H and O–H groups in total. The quantitative estimate of drug-likeness (QED) is 0.818. The summed E-state index contributed by atoms with van der Waals surface area (Å²) in [6.07, 6.45) is 0. The van der Waals surface area contributed by atoms with Gasteiger partial charge in [-0.25, -0.2) is 0 Å². The molecule has 0 bridgehead atoms. The Bertz CT molecular complexity index is 585. The second-order valence-electron chi connectivity index (χ2n) is 4.62. The predicted molar refractivity (Wildman–Crippen MR) is 76.1 cm³/mol. The number of rotatable bonds is 6. The number of hydrogen-bond donors (Lipinski definition) is 2. The lowest BCUT2D eigenvalue weighted by Gasteiger charge is -2.14. The zero-order chi connectivity index (χ0) is 15.2. The normalized spacial score (nSPS) is 13.7. The predicted octanol–water partition coefficient (Wildman–Crippen LogP) is 0.887. The summed E-state index contributed by atoms with van der Waals surface area (Å²) in [4.78, 5) is 16.1. The van der Waals surface area contributed by atoms with Crippen molar-refractivity contribution in [2.75, 3.05) is 13.7 Å². The van der Waals surface area contributed by atoms with Crippen LogP contribution in [0.3, 0.4) is 0 Å². The number of benzene rings is 1. The molecule has 0 spiro atoms. The Morgan fingerprint density at radius 2 is 2.14 bits per heavy atom. The van der Waals surface area contributed by atoms with Gasteiger partial charge < -0.3 is 20.3 Å². The van der Waals surface area contributed by atoms with E-state index >= 15 is 0 Å². The van der Waals surface area contributed by atoms with Crippen LogP contribution in [0.1, 0.15) is 18.8 Å². The van der Waals surface area contributed by atoms with Crippen molar-refractivity contribution in [1.82, 2.24) is 15.5 Å². The van der Waals surface area contributed by atoms with Crippen molar-refractivity contribution in [3.63, 3.8) is 0 Å². The number of carbonyl (C=O) groups is 1. The van der Waals surface area contributed by atoms with E-state index in [9.17, 15) is 4.79 Å². The summed E-state index contributed by atoms with van der Waals surface area (Å²) in [7, 11) is 1.49. The van der Waals surface area contributed by atoms with E-state index in [0.29, 0.717) is 11.7 Å². The van der Waals surface area contributed by atoms with Crippen LogP contribution in [-0.4, -0.2) is 35.8 Å². The number of methoxy groups -OCH3 is 1. The van der Waals surface area contributed by atoms with Crippen LogP contribution >= 0.6 is 0 Å². The molecule has 2 unspecified atom stereocenters. The van der Waals surface area contributed by atoms with Gasteiger partial charge in [0.1, 0.15) is 6.04 Å². The second-order valence-corrected chi connectivity index (χ2v) is 4.62. The van der Waals surface area contributed by atoms with Gasteiger partial charge in [-0.2, -0.15) is 4.98 Å². The zero-order valence-electron chi connectivity index (χ0n) is 11.9. The second kappa shape index (κ2) is 6.96. The highest BCUT2D eigenvalue weighted by molar-refractivity contribution is 5.81. The van der Waals surface area contributed by atoms with E-state index in [-0.39, 0.29) is 12.5 Å². The molecule has 1 amide bonds. The molecule has 0 aliphatic rings. The maximum atomic E-state index is 11.8.